The van der Waals surface area contributed by atoms with Crippen LogP contribution in [0.4, 0.5) is 0 Å². The highest BCUT2D eigenvalue weighted by atomic mass is 16.5. The van der Waals surface area contributed by atoms with Crippen molar-refractivity contribution in [1.29, 1.82) is 0 Å². The Morgan fingerprint density at radius 2 is 1.45 bits per heavy atom. The van der Waals surface area contributed by atoms with E-state index < -0.39 is 6.10 Å². The zero-order valence-electron chi connectivity index (χ0n) is 18.7. The Kier molecular flexibility index (Phi) is 5.38. The summed E-state index contributed by atoms with van der Waals surface area (Å²) in [6.07, 6.45) is -0.726. The van der Waals surface area contributed by atoms with Crippen molar-refractivity contribution in [3.63, 3.8) is 0 Å². The van der Waals surface area contributed by atoms with Crippen molar-refractivity contribution >= 4 is 16.6 Å². The first kappa shape index (κ1) is 20.9. The number of ketones is 1. The first-order valence-electron chi connectivity index (χ1n) is 10.7. The number of rotatable bonds is 6. The Morgan fingerprint density at radius 3 is 2.12 bits per heavy atom. The predicted molar refractivity (Wildman–Crippen MR) is 127 cm³/mol. The van der Waals surface area contributed by atoms with E-state index in [1.54, 1.807) is 21.3 Å². The van der Waals surface area contributed by atoms with Crippen LogP contribution < -0.4 is 18.9 Å². The quantitative estimate of drug-likeness (QED) is 0.363. The second-order valence-electron chi connectivity index (χ2n) is 7.90. The summed E-state index contributed by atoms with van der Waals surface area (Å²) in [6.45, 7) is 0. The van der Waals surface area contributed by atoms with Crippen molar-refractivity contribution in [2.75, 3.05) is 21.3 Å². The molecule has 1 heterocycles. The third-order valence-electron chi connectivity index (χ3n) is 6.16. The van der Waals surface area contributed by atoms with Crippen LogP contribution in [-0.2, 0) is 0 Å². The number of hydrogen-bond acceptors (Lipinski definition) is 5. The van der Waals surface area contributed by atoms with E-state index in [9.17, 15) is 4.79 Å². The fourth-order valence-corrected chi connectivity index (χ4v) is 4.65. The van der Waals surface area contributed by atoms with E-state index >= 15 is 0 Å². The number of methoxy groups -OCH3 is 3. The third-order valence-corrected chi connectivity index (χ3v) is 6.16. The van der Waals surface area contributed by atoms with Crippen molar-refractivity contribution in [3.8, 4) is 23.0 Å². The molecule has 0 spiro atoms. The molecule has 166 valence electrons. The van der Waals surface area contributed by atoms with Crippen LogP contribution >= 0.6 is 0 Å². The Balaban J connectivity index is 1.75. The molecule has 0 fully saturated rings. The zero-order chi connectivity index (χ0) is 22.9. The molecule has 0 amide bonds. The predicted octanol–water partition coefficient (Wildman–Crippen LogP) is 5.64. The molecule has 2 atom stereocenters. The van der Waals surface area contributed by atoms with Gasteiger partial charge in [0.1, 0.15) is 5.75 Å². The van der Waals surface area contributed by atoms with Gasteiger partial charge in [-0.3, -0.25) is 4.79 Å². The van der Waals surface area contributed by atoms with Crippen LogP contribution in [0.1, 0.15) is 27.4 Å². The van der Waals surface area contributed by atoms with E-state index in [2.05, 4.69) is 12.1 Å². The molecule has 5 heteroatoms. The lowest BCUT2D eigenvalue weighted by molar-refractivity contribution is 0.0806. The summed E-state index contributed by atoms with van der Waals surface area (Å²) in [5, 5.41) is 2.14. The second kappa shape index (κ2) is 8.51. The average molecular weight is 440 g/mol. The second-order valence-corrected chi connectivity index (χ2v) is 7.90. The minimum absolute atomic E-state index is 0.0744. The van der Waals surface area contributed by atoms with Crippen molar-refractivity contribution in [2.24, 2.45) is 0 Å². The SMILES string of the molecule is COc1cc(C2c3c(ccc4ccccc34)OC2C(=O)c2ccccc2)cc(OC)c1OC. The van der Waals surface area contributed by atoms with Crippen LogP contribution in [0.5, 0.6) is 23.0 Å². The number of hydrogen-bond donors (Lipinski definition) is 0. The maximum Gasteiger partial charge on any atom is 0.204 e. The molecule has 5 nitrogen and oxygen atoms in total. The van der Waals surface area contributed by atoms with E-state index in [1.807, 2.05) is 66.7 Å². The Bertz CT molecular complexity index is 1300. The van der Waals surface area contributed by atoms with Crippen molar-refractivity contribution in [3.05, 3.63) is 95.6 Å². The number of carbonyl (C=O) groups excluding carboxylic acids is 1. The highest BCUT2D eigenvalue weighted by Gasteiger charge is 2.42. The summed E-state index contributed by atoms with van der Waals surface area (Å²) in [7, 11) is 4.74. The molecule has 5 rings (SSSR count). The molecule has 33 heavy (non-hydrogen) atoms. The molecule has 0 aliphatic carbocycles. The van der Waals surface area contributed by atoms with Crippen LogP contribution in [0.15, 0.2) is 78.9 Å². The van der Waals surface area contributed by atoms with Gasteiger partial charge in [0.25, 0.3) is 0 Å². The van der Waals surface area contributed by atoms with Gasteiger partial charge >= 0.3 is 0 Å². The number of ether oxygens (including phenoxy) is 4. The van der Waals surface area contributed by atoms with Gasteiger partial charge in [0, 0.05) is 11.1 Å². The van der Waals surface area contributed by atoms with E-state index in [0.717, 1.165) is 21.9 Å². The summed E-state index contributed by atoms with van der Waals surface area (Å²) in [4.78, 5) is 13.7. The number of Topliss-reactive ketones (excluding diaryl/α,β-unsaturated/α-hetero) is 1. The molecule has 0 radical (unpaired) electrons. The third kappa shape index (κ3) is 3.46. The van der Waals surface area contributed by atoms with Gasteiger partial charge in [0.05, 0.1) is 27.2 Å². The standard InChI is InChI=1S/C28H24O5/c1-30-22-15-19(16-23(31-2)27(22)32-3)24-25-20-12-8-7-9-17(20)13-14-21(25)33-28(24)26(29)18-10-5-4-6-11-18/h4-16,24,28H,1-3H3. The van der Waals surface area contributed by atoms with Gasteiger partial charge in [-0.15, -0.1) is 0 Å². The van der Waals surface area contributed by atoms with Gasteiger partial charge < -0.3 is 18.9 Å². The molecule has 4 aromatic rings. The Labute approximate surface area is 192 Å². The first-order chi connectivity index (χ1) is 16.2. The van der Waals surface area contributed by atoms with Crippen LogP contribution in [-0.4, -0.2) is 33.2 Å². The lowest BCUT2D eigenvalue weighted by Gasteiger charge is -2.22. The summed E-state index contributed by atoms with van der Waals surface area (Å²) in [6, 6.07) is 25.2. The molecule has 0 aromatic heterocycles. The molecule has 0 saturated heterocycles. The van der Waals surface area contributed by atoms with Crippen LogP contribution in [0.2, 0.25) is 0 Å². The molecule has 2 unspecified atom stereocenters. The van der Waals surface area contributed by atoms with E-state index in [-0.39, 0.29) is 11.7 Å². The fraction of sp³-hybridized carbons (Fsp3) is 0.179. The lowest BCUT2D eigenvalue weighted by Crippen LogP contribution is -2.30. The van der Waals surface area contributed by atoms with Crippen LogP contribution in [0.3, 0.4) is 0 Å². The number of benzene rings is 4. The van der Waals surface area contributed by atoms with Crippen molar-refractivity contribution in [2.45, 2.75) is 12.0 Å². The van der Waals surface area contributed by atoms with Crippen LogP contribution in [0, 0.1) is 0 Å². The monoisotopic (exact) mass is 440 g/mol. The molecule has 1 aliphatic heterocycles. The number of carbonyl (C=O) groups is 1. The summed E-state index contributed by atoms with van der Waals surface area (Å²) in [5.41, 5.74) is 2.45. The summed E-state index contributed by atoms with van der Waals surface area (Å²) >= 11 is 0. The smallest absolute Gasteiger partial charge is 0.204 e. The van der Waals surface area contributed by atoms with Gasteiger partial charge in [0.2, 0.25) is 11.5 Å². The average Bonchev–Trinajstić information content (AvgIpc) is 3.28. The summed E-state index contributed by atoms with van der Waals surface area (Å²) in [5.74, 6) is 1.86. The first-order valence-corrected chi connectivity index (χ1v) is 10.7. The lowest BCUT2D eigenvalue weighted by atomic mass is 9.82. The van der Waals surface area contributed by atoms with Crippen molar-refractivity contribution in [1.82, 2.24) is 0 Å². The minimum Gasteiger partial charge on any atom is -0.493 e. The molecule has 4 aromatic carbocycles. The van der Waals surface area contributed by atoms with Gasteiger partial charge in [-0.05, 0) is 34.5 Å². The topological polar surface area (TPSA) is 54.0 Å². The summed E-state index contributed by atoms with van der Waals surface area (Å²) < 4.78 is 23.1. The zero-order valence-corrected chi connectivity index (χ0v) is 18.7. The normalized spacial score (nSPS) is 16.7. The minimum atomic E-state index is -0.726. The molecular formula is C28H24O5. The molecule has 0 bridgehead atoms. The molecular weight excluding hydrogens is 416 g/mol. The highest BCUT2D eigenvalue weighted by molar-refractivity contribution is 6.02. The maximum absolute atomic E-state index is 13.7. The van der Waals surface area contributed by atoms with Gasteiger partial charge in [-0.25, -0.2) is 0 Å². The molecule has 0 N–H and O–H groups in total. The number of fused-ring (bicyclic) bond motifs is 3. The van der Waals surface area contributed by atoms with E-state index in [0.29, 0.717) is 28.6 Å². The Morgan fingerprint density at radius 1 is 0.788 bits per heavy atom. The van der Waals surface area contributed by atoms with E-state index in [4.69, 9.17) is 18.9 Å². The van der Waals surface area contributed by atoms with E-state index in [1.165, 1.54) is 0 Å². The maximum atomic E-state index is 13.7. The highest BCUT2D eigenvalue weighted by Crippen LogP contribution is 2.50. The van der Waals surface area contributed by atoms with Crippen molar-refractivity contribution < 1.29 is 23.7 Å². The molecule has 1 aliphatic rings. The fourth-order valence-electron chi connectivity index (χ4n) is 4.65. The van der Waals surface area contributed by atoms with Crippen LogP contribution in [0.25, 0.3) is 10.8 Å². The van der Waals surface area contributed by atoms with Gasteiger partial charge in [-0.2, -0.15) is 0 Å². The molecule has 0 saturated carbocycles. The Hall–Kier alpha value is -3.99. The van der Waals surface area contributed by atoms with Gasteiger partial charge in [0.15, 0.2) is 17.6 Å². The largest absolute Gasteiger partial charge is 0.493 e. The van der Waals surface area contributed by atoms with Gasteiger partial charge in [-0.1, -0.05) is 60.7 Å².